The summed E-state index contributed by atoms with van der Waals surface area (Å²) in [6, 6.07) is 0. The van der Waals surface area contributed by atoms with Crippen LogP contribution in [0.5, 0.6) is 0 Å². The van der Waals surface area contributed by atoms with E-state index in [4.69, 9.17) is 5.73 Å². The first-order chi connectivity index (χ1) is 11.5. The van der Waals surface area contributed by atoms with E-state index in [1.54, 1.807) is 0 Å². The van der Waals surface area contributed by atoms with Crippen LogP contribution in [0, 0.1) is 23.2 Å². The van der Waals surface area contributed by atoms with Crippen LogP contribution < -0.4 is 11.1 Å². The van der Waals surface area contributed by atoms with Gasteiger partial charge in [0.2, 0.25) is 5.91 Å². The predicted octanol–water partition coefficient (Wildman–Crippen LogP) is 2.55. The van der Waals surface area contributed by atoms with Gasteiger partial charge in [0, 0.05) is 13.0 Å². The van der Waals surface area contributed by atoms with E-state index in [1.165, 1.54) is 49.4 Å². The number of hydrogen-bond donors (Lipinski definition) is 2. The molecule has 5 rings (SSSR count). The molecule has 0 spiro atoms. The number of nitrogens with one attached hydrogen (secondary N) is 1. The standard InChI is InChI=1S/C18H26N4O2/c1-2-22-16(17(19)24)14(10-20-22)21-15(23)9-18-6-11-3-12(7-18)5-13(4-11)8-18/h10-13H,2-9H2,1H3,(H2,19,24)(H,21,23). The molecular formula is C18H26N4O2. The highest BCUT2D eigenvalue weighted by molar-refractivity contribution is 6.01. The van der Waals surface area contributed by atoms with Crippen LogP contribution in [-0.4, -0.2) is 21.6 Å². The lowest BCUT2D eigenvalue weighted by atomic mass is 9.49. The second-order valence-electron chi connectivity index (χ2n) is 8.23. The Balaban J connectivity index is 1.48. The third-order valence-electron chi connectivity index (χ3n) is 6.35. The summed E-state index contributed by atoms with van der Waals surface area (Å²) in [6.07, 6.45) is 9.80. The maximum atomic E-state index is 12.7. The van der Waals surface area contributed by atoms with E-state index < -0.39 is 5.91 Å². The fourth-order valence-corrected chi connectivity index (χ4v) is 6.02. The molecule has 0 aliphatic heterocycles. The monoisotopic (exact) mass is 330 g/mol. The second-order valence-corrected chi connectivity index (χ2v) is 8.23. The van der Waals surface area contributed by atoms with E-state index in [0.29, 0.717) is 18.7 Å². The maximum Gasteiger partial charge on any atom is 0.269 e. The van der Waals surface area contributed by atoms with Crippen molar-refractivity contribution in [1.82, 2.24) is 9.78 Å². The first-order valence-corrected chi connectivity index (χ1v) is 9.13. The van der Waals surface area contributed by atoms with Gasteiger partial charge in [-0.15, -0.1) is 0 Å². The minimum atomic E-state index is -0.556. The molecule has 4 aliphatic rings. The number of anilines is 1. The normalized spacial score (nSPS) is 33.6. The van der Waals surface area contributed by atoms with Crippen molar-refractivity contribution in [2.75, 3.05) is 5.32 Å². The predicted molar refractivity (Wildman–Crippen MR) is 90.3 cm³/mol. The smallest absolute Gasteiger partial charge is 0.269 e. The van der Waals surface area contributed by atoms with Crippen LogP contribution in [0.4, 0.5) is 5.69 Å². The molecule has 1 aromatic heterocycles. The molecule has 3 N–H and O–H groups in total. The van der Waals surface area contributed by atoms with Crippen molar-refractivity contribution in [3.63, 3.8) is 0 Å². The van der Waals surface area contributed by atoms with Gasteiger partial charge < -0.3 is 11.1 Å². The van der Waals surface area contributed by atoms with Crippen molar-refractivity contribution in [3.8, 4) is 0 Å². The van der Waals surface area contributed by atoms with E-state index in [2.05, 4.69) is 10.4 Å². The molecule has 6 nitrogen and oxygen atoms in total. The van der Waals surface area contributed by atoms with Gasteiger partial charge in [-0.3, -0.25) is 14.3 Å². The third-order valence-corrected chi connectivity index (χ3v) is 6.35. The van der Waals surface area contributed by atoms with E-state index in [-0.39, 0.29) is 17.0 Å². The lowest BCUT2D eigenvalue weighted by Gasteiger charge is -2.56. The number of aromatic nitrogens is 2. The van der Waals surface area contributed by atoms with E-state index in [0.717, 1.165) is 17.8 Å². The topological polar surface area (TPSA) is 90.0 Å². The van der Waals surface area contributed by atoms with Crippen molar-refractivity contribution >= 4 is 17.5 Å². The van der Waals surface area contributed by atoms with Crippen molar-refractivity contribution < 1.29 is 9.59 Å². The van der Waals surface area contributed by atoms with Gasteiger partial charge in [-0.25, -0.2) is 0 Å². The fraction of sp³-hybridized carbons (Fsp3) is 0.722. The summed E-state index contributed by atoms with van der Waals surface area (Å²) in [5, 5.41) is 7.04. The molecule has 0 atom stereocenters. The average Bonchev–Trinajstić information content (AvgIpc) is 2.87. The number of primary amides is 1. The number of carbonyl (C=O) groups is 2. The Morgan fingerprint density at radius 2 is 1.83 bits per heavy atom. The molecule has 0 radical (unpaired) electrons. The Hall–Kier alpha value is -1.85. The lowest BCUT2D eigenvalue weighted by molar-refractivity contribution is -0.124. The van der Waals surface area contributed by atoms with Gasteiger partial charge in [0.05, 0.1) is 11.9 Å². The Bertz CT molecular complexity index is 643. The van der Waals surface area contributed by atoms with Gasteiger partial charge in [-0.1, -0.05) is 0 Å². The molecule has 130 valence electrons. The van der Waals surface area contributed by atoms with Gasteiger partial charge in [0.15, 0.2) is 0 Å². The molecule has 4 saturated carbocycles. The highest BCUT2D eigenvalue weighted by Crippen LogP contribution is 2.61. The molecule has 4 bridgehead atoms. The van der Waals surface area contributed by atoms with Crippen LogP contribution in [0.25, 0.3) is 0 Å². The zero-order valence-corrected chi connectivity index (χ0v) is 14.3. The van der Waals surface area contributed by atoms with Crippen molar-refractivity contribution in [1.29, 1.82) is 0 Å². The largest absolute Gasteiger partial charge is 0.364 e. The fourth-order valence-electron chi connectivity index (χ4n) is 6.02. The van der Waals surface area contributed by atoms with Crippen LogP contribution in [0.3, 0.4) is 0 Å². The second kappa shape index (κ2) is 5.60. The zero-order chi connectivity index (χ0) is 16.9. The summed E-state index contributed by atoms with van der Waals surface area (Å²) < 4.78 is 1.53. The molecular weight excluding hydrogens is 304 g/mol. The first kappa shape index (κ1) is 15.7. The first-order valence-electron chi connectivity index (χ1n) is 9.13. The molecule has 0 saturated heterocycles. The quantitative estimate of drug-likeness (QED) is 0.869. The summed E-state index contributed by atoms with van der Waals surface area (Å²) in [7, 11) is 0. The summed E-state index contributed by atoms with van der Waals surface area (Å²) in [6.45, 7) is 2.43. The third kappa shape index (κ3) is 2.62. The number of nitrogens with zero attached hydrogens (tertiary/aromatic N) is 2. The average molecular weight is 330 g/mol. The van der Waals surface area contributed by atoms with Gasteiger partial charge in [0.1, 0.15) is 5.69 Å². The van der Waals surface area contributed by atoms with Gasteiger partial charge >= 0.3 is 0 Å². The number of carbonyl (C=O) groups excluding carboxylic acids is 2. The molecule has 2 amide bonds. The van der Waals surface area contributed by atoms with Gasteiger partial charge in [-0.2, -0.15) is 5.10 Å². The maximum absolute atomic E-state index is 12.7. The number of rotatable bonds is 5. The molecule has 1 aromatic rings. The highest BCUT2D eigenvalue weighted by atomic mass is 16.2. The minimum Gasteiger partial charge on any atom is -0.364 e. The summed E-state index contributed by atoms with van der Waals surface area (Å²) in [5.74, 6) is 1.92. The molecule has 4 fully saturated rings. The van der Waals surface area contributed by atoms with Crippen LogP contribution >= 0.6 is 0 Å². The van der Waals surface area contributed by atoms with Gasteiger partial charge in [-0.05, 0) is 68.6 Å². The van der Waals surface area contributed by atoms with Crippen LogP contribution in [-0.2, 0) is 11.3 Å². The zero-order valence-electron chi connectivity index (χ0n) is 14.3. The molecule has 0 aromatic carbocycles. The SMILES string of the molecule is CCn1ncc(NC(=O)CC23CC4CC(CC(C4)C2)C3)c1C(N)=O. The van der Waals surface area contributed by atoms with Gasteiger partial charge in [0.25, 0.3) is 5.91 Å². The molecule has 0 unspecified atom stereocenters. The molecule has 4 aliphatic carbocycles. The summed E-state index contributed by atoms with van der Waals surface area (Å²) >= 11 is 0. The molecule has 24 heavy (non-hydrogen) atoms. The summed E-state index contributed by atoms with van der Waals surface area (Å²) in [4.78, 5) is 24.3. The van der Waals surface area contributed by atoms with E-state index in [1.807, 2.05) is 6.92 Å². The Kier molecular flexibility index (Phi) is 3.66. The highest BCUT2D eigenvalue weighted by Gasteiger charge is 2.51. The molecule has 6 heteroatoms. The van der Waals surface area contributed by atoms with Crippen molar-refractivity contribution in [2.24, 2.45) is 28.9 Å². The Morgan fingerprint density at radius 1 is 1.25 bits per heavy atom. The minimum absolute atomic E-state index is 0.00453. The number of aryl methyl sites for hydroxylation is 1. The van der Waals surface area contributed by atoms with E-state index >= 15 is 0 Å². The lowest BCUT2D eigenvalue weighted by Crippen LogP contribution is -2.47. The summed E-state index contributed by atoms with van der Waals surface area (Å²) in [5.41, 5.74) is 6.37. The Labute approximate surface area is 142 Å². The number of nitrogens with two attached hydrogens (primary N) is 1. The number of amides is 2. The molecule has 1 heterocycles. The van der Waals surface area contributed by atoms with Crippen LogP contribution in [0.15, 0.2) is 6.20 Å². The van der Waals surface area contributed by atoms with Crippen LogP contribution in [0.2, 0.25) is 0 Å². The number of hydrogen-bond acceptors (Lipinski definition) is 3. The van der Waals surface area contributed by atoms with Crippen LogP contribution in [0.1, 0.15) is 62.4 Å². The Morgan fingerprint density at radius 3 is 2.33 bits per heavy atom. The van der Waals surface area contributed by atoms with Crippen molar-refractivity contribution in [2.45, 2.75) is 58.4 Å². The van der Waals surface area contributed by atoms with E-state index in [9.17, 15) is 9.59 Å². The van der Waals surface area contributed by atoms with Crippen molar-refractivity contribution in [3.05, 3.63) is 11.9 Å².